The van der Waals surface area contributed by atoms with E-state index in [2.05, 4.69) is 6.58 Å². The third-order valence-corrected chi connectivity index (χ3v) is 2.07. The molecule has 1 amide bonds. The first kappa shape index (κ1) is 8.79. The fraction of sp³-hybridized carbons (Fsp3) is 0.556. The summed E-state index contributed by atoms with van der Waals surface area (Å²) in [5, 5.41) is 8.33. The zero-order valence-corrected chi connectivity index (χ0v) is 6.99. The number of hydrogen-bond acceptors (Lipinski definition) is 2. The molecule has 0 spiro atoms. The Hall–Kier alpha value is -1.30. The van der Waals surface area contributed by atoms with Crippen LogP contribution < -0.4 is 0 Å². The van der Waals surface area contributed by atoms with Crippen LogP contribution in [0.2, 0.25) is 0 Å². The van der Waals surface area contributed by atoms with Gasteiger partial charge in [-0.15, -0.1) is 6.58 Å². The van der Waals surface area contributed by atoms with Crippen molar-refractivity contribution in [1.82, 2.24) is 4.90 Å². The summed E-state index contributed by atoms with van der Waals surface area (Å²) < 4.78 is 0. The van der Waals surface area contributed by atoms with Gasteiger partial charge in [-0.1, -0.05) is 6.08 Å². The summed E-state index contributed by atoms with van der Waals surface area (Å²) >= 11 is 0. The summed E-state index contributed by atoms with van der Waals surface area (Å²) in [7, 11) is 0. The lowest BCUT2D eigenvalue weighted by Crippen LogP contribution is -2.25. The number of carbonyl (C=O) groups is 1. The fourth-order valence-corrected chi connectivity index (χ4v) is 1.36. The molecule has 3 nitrogen and oxygen atoms in total. The molecule has 1 heterocycles. The highest BCUT2D eigenvalue weighted by Gasteiger charge is 2.26. The first-order chi connectivity index (χ1) is 5.77. The number of likely N-dealkylation sites (tertiary alicyclic amines) is 1. The molecule has 1 aliphatic rings. The molecule has 0 aliphatic carbocycles. The van der Waals surface area contributed by atoms with Crippen molar-refractivity contribution in [2.75, 3.05) is 13.1 Å². The molecule has 0 aromatic rings. The van der Waals surface area contributed by atoms with Crippen LogP contribution in [-0.2, 0) is 4.79 Å². The first-order valence-electron chi connectivity index (χ1n) is 4.05. The fourth-order valence-electron chi connectivity index (χ4n) is 1.36. The number of carbonyl (C=O) groups excluding carboxylic acids is 1. The van der Waals surface area contributed by atoms with Gasteiger partial charge in [0.15, 0.2) is 0 Å². The van der Waals surface area contributed by atoms with E-state index in [1.54, 1.807) is 4.90 Å². The average molecular weight is 164 g/mol. The van der Waals surface area contributed by atoms with Crippen LogP contribution in [0.4, 0.5) is 0 Å². The van der Waals surface area contributed by atoms with Gasteiger partial charge in [0.2, 0.25) is 5.91 Å². The largest absolute Gasteiger partial charge is 0.341 e. The molecule has 1 unspecified atom stereocenters. The van der Waals surface area contributed by atoms with E-state index in [4.69, 9.17) is 5.26 Å². The molecule has 0 radical (unpaired) electrons. The second-order valence-corrected chi connectivity index (χ2v) is 2.95. The van der Waals surface area contributed by atoms with Crippen LogP contribution in [0, 0.1) is 17.2 Å². The SMILES string of the molecule is C=CC1CC(=O)N(CCC#N)C1. The molecule has 0 bridgehead atoms. The van der Waals surface area contributed by atoms with Crippen LogP contribution >= 0.6 is 0 Å². The van der Waals surface area contributed by atoms with Crippen molar-refractivity contribution in [2.24, 2.45) is 5.92 Å². The van der Waals surface area contributed by atoms with Crippen molar-refractivity contribution in [2.45, 2.75) is 12.8 Å². The van der Waals surface area contributed by atoms with Crippen molar-refractivity contribution in [3.63, 3.8) is 0 Å². The second-order valence-electron chi connectivity index (χ2n) is 2.95. The van der Waals surface area contributed by atoms with Gasteiger partial charge in [0.1, 0.15) is 0 Å². The first-order valence-corrected chi connectivity index (χ1v) is 4.05. The van der Waals surface area contributed by atoms with Gasteiger partial charge < -0.3 is 4.90 Å². The molecule has 1 atom stereocenters. The zero-order valence-electron chi connectivity index (χ0n) is 6.99. The van der Waals surface area contributed by atoms with Gasteiger partial charge >= 0.3 is 0 Å². The molecule has 1 saturated heterocycles. The van der Waals surface area contributed by atoms with Gasteiger partial charge in [-0.05, 0) is 0 Å². The third-order valence-electron chi connectivity index (χ3n) is 2.07. The van der Waals surface area contributed by atoms with E-state index in [1.165, 1.54) is 0 Å². The third kappa shape index (κ3) is 1.85. The van der Waals surface area contributed by atoms with Gasteiger partial charge in [-0.3, -0.25) is 4.79 Å². The minimum atomic E-state index is 0.148. The molecule has 0 aromatic heterocycles. The maximum Gasteiger partial charge on any atom is 0.223 e. The van der Waals surface area contributed by atoms with Crippen LogP contribution in [0.5, 0.6) is 0 Å². The highest BCUT2D eigenvalue weighted by atomic mass is 16.2. The van der Waals surface area contributed by atoms with E-state index in [9.17, 15) is 4.79 Å². The van der Waals surface area contributed by atoms with E-state index in [0.29, 0.717) is 19.4 Å². The molecule has 1 fully saturated rings. The number of rotatable bonds is 3. The number of amides is 1. The molecule has 64 valence electrons. The topological polar surface area (TPSA) is 44.1 Å². The van der Waals surface area contributed by atoms with Gasteiger partial charge in [-0.25, -0.2) is 0 Å². The molecule has 12 heavy (non-hydrogen) atoms. The highest BCUT2D eigenvalue weighted by Crippen LogP contribution is 2.17. The molecule has 3 heteroatoms. The Labute approximate surface area is 72.3 Å². The number of nitrogens with zero attached hydrogens (tertiary/aromatic N) is 2. The van der Waals surface area contributed by atoms with Crippen LogP contribution in [0.25, 0.3) is 0 Å². The Morgan fingerprint density at radius 2 is 2.58 bits per heavy atom. The van der Waals surface area contributed by atoms with E-state index >= 15 is 0 Å². The van der Waals surface area contributed by atoms with E-state index in [0.717, 1.165) is 6.54 Å². The molecule has 1 rings (SSSR count). The highest BCUT2D eigenvalue weighted by molar-refractivity contribution is 5.78. The Morgan fingerprint density at radius 3 is 3.08 bits per heavy atom. The number of hydrogen-bond donors (Lipinski definition) is 0. The van der Waals surface area contributed by atoms with Gasteiger partial charge in [0, 0.05) is 25.4 Å². The smallest absolute Gasteiger partial charge is 0.223 e. The lowest BCUT2D eigenvalue weighted by Gasteiger charge is -2.12. The Kier molecular flexibility index (Phi) is 2.87. The van der Waals surface area contributed by atoms with Crippen LogP contribution in [0.3, 0.4) is 0 Å². The zero-order chi connectivity index (χ0) is 8.97. The van der Waals surface area contributed by atoms with E-state index in [-0.39, 0.29) is 11.8 Å². The Balaban J connectivity index is 2.42. The van der Waals surface area contributed by atoms with Crippen LogP contribution in [-0.4, -0.2) is 23.9 Å². The average Bonchev–Trinajstić information content (AvgIpc) is 2.43. The van der Waals surface area contributed by atoms with Crippen molar-refractivity contribution in [3.8, 4) is 6.07 Å². The summed E-state index contributed by atoms with van der Waals surface area (Å²) in [5.74, 6) is 0.436. The van der Waals surface area contributed by atoms with E-state index in [1.807, 2.05) is 12.1 Å². The monoisotopic (exact) mass is 164 g/mol. The van der Waals surface area contributed by atoms with Gasteiger partial charge in [-0.2, -0.15) is 5.26 Å². The van der Waals surface area contributed by atoms with Crippen molar-refractivity contribution in [3.05, 3.63) is 12.7 Å². The predicted octanol–water partition coefficient (Wildman–Crippen LogP) is 0.935. The van der Waals surface area contributed by atoms with Gasteiger partial charge in [0.05, 0.1) is 12.5 Å². The maximum absolute atomic E-state index is 11.2. The van der Waals surface area contributed by atoms with Gasteiger partial charge in [0.25, 0.3) is 0 Å². The maximum atomic E-state index is 11.2. The summed E-state index contributed by atoms with van der Waals surface area (Å²) in [6, 6.07) is 2.03. The summed E-state index contributed by atoms with van der Waals surface area (Å²) in [4.78, 5) is 12.9. The number of nitriles is 1. The predicted molar refractivity (Wildman–Crippen MR) is 45.1 cm³/mol. The van der Waals surface area contributed by atoms with E-state index < -0.39 is 0 Å². The molecule has 1 aliphatic heterocycles. The Morgan fingerprint density at radius 1 is 1.83 bits per heavy atom. The Bertz CT molecular complexity index is 229. The lowest BCUT2D eigenvalue weighted by atomic mass is 10.1. The molecule has 0 N–H and O–H groups in total. The lowest BCUT2D eigenvalue weighted by molar-refractivity contribution is -0.127. The van der Waals surface area contributed by atoms with Crippen molar-refractivity contribution >= 4 is 5.91 Å². The molecule has 0 aromatic carbocycles. The minimum absolute atomic E-state index is 0.148. The molecular formula is C9H12N2O. The normalized spacial score (nSPS) is 22.4. The molecule has 0 saturated carbocycles. The van der Waals surface area contributed by atoms with Crippen molar-refractivity contribution in [1.29, 1.82) is 5.26 Å². The van der Waals surface area contributed by atoms with Crippen LogP contribution in [0.1, 0.15) is 12.8 Å². The standard InChI is InChI=1S/C9H12N2O/c1-2-8-6-9(12)11(7-8)5-3-4-10/h2,8H,1,3,5-7H2. The summed E-state index contributed by atoms with van der Waals surface area (Å²) in [5.41, 5.74) is 0. The second kappa shape index (κ2) is 3.91. The van der Waals surface area contributed by atoms with Crippen molar-refractivity contribution < 1.29 is 4.79 Å². The summed E-state index contributed by atoms with van der Waals surface area (Å²) in [6.45, 7) is 4.96. The summed E-state index contributed by atoms with van der Waals surface area (Å²) in [6.07, 6.45) is 2.80. The van der Waals surface area contributed by atoms with Crippen LogP contribution in [0.15, 0.2) is 12.7 Å². The minimum Gasteiger partial charge on any atom is -0.341 e. The molecular weight excluding hydrogens is 152 g/mol. The quantitative estimate of drug-likeness (QED) is 0.582.